The summed E-state index contributed by atoms with van der Waals surface area (Å²) in [5.41, 5.74) is 6.37. The fourth-order valence-electron chi connectivity index (χ4n) is 1.41. The van der Waals surface area contributed by atoms with Crippen LogP contribution in [0.5, 0.6) is 0 Å². The third-order valence-corrected chi connectivity index (χ3v) is 2.07. The molecule has 2 rings (SSSR count). The quantitative estimate of drug-likeness (QED) is 0.771. The van der Waals surface area contributed by atoms with E-state index in [0.29, 0.717) is 29.1 Å². The number of aromatic nitrogens is 2. The number of halogens is 1. The van der Waals surface area contributed by atoms with Crippen molar-refractivity contribution >= 4 is 16.7 Å². The van der Waals surface area contributed by atoms with Gasteiger partial charge in [0, 0.05) is 5.39 Å². The van der Waals surface area contributed by atoms with E-state index in [-0.39, 0.29) is 5.82 Å². The van der Waals surface area contributed by atoms with Crippen LogP contribution in [-0.2, 0) is 6.54 Å². The van der Waals surface area contributed by atoms with Gasteiger partial charge < -0.3 is 11.1 Å². The van der Waals surface area contributed by atoms with Crippen LogP contribution in [0.2, 0.25) is 0 Å². The van der Waals surface area contributed by atoms with E-state index in [2.05, 4.69) is 15.3 Å². The van der Waals surface area contributed by atoms with Gasteiger partial charge >= 0.3 is 0 Å². The fraction of sp³-hybridized carbons (Fsp3) is 0.200. The van der Waals surface area contributed by atoms with E-state index < -0.39 is 0 Å². The van der Waals surface area contributed by atoms with Gasteiger partial charge in [-0.2, -0.15) is 0 Å². The molecule has 0 aliphatic heterocycles. The first-order chi connectivity index (χ1) is 7.20. The number of anilines is 1. The Hall–Kier alpha value is -1.75. The van der Waals surface area contributed by atoms with Crippen molar-refractivity contribution in [3.8, 4) is 0 Å². The second-order valence-corrected chi connectivity index (χ2v) is 3.22. The fourth-order valence-corrected chi connectivity index (χ4v) is 1.41. The molecule has 0 bridgehead atoms. The van der Waals surface area contributed by atoms with E-state index in [1.807, 2.05) is 0 Å². The first kappa shape index (κ1) is 9.79. The van der Waals surface area contributed by atoms with Crippen molar-refractivity contribution < 1.29 is 4.39 Å². The molecule has 1 aromatic carbocycles. The van der Waals surface area contributed by atoms with Crippen LogP contribution < -0.4 is 11.1 Å². The van der Waals surface area contributed by atoms with Gasteiger partial charge in [-0.3, -0.25) is 0 Å². The van der Waals surface area contributed by atoms with Crippen LogP contribution in [0.3, 0.4) is 0 Å². The molecule has 0 amide bonds. The number of hydrogen-bond donors (Lipinski definition) is 2. The van der Waals surface area contributed by atoms with Gasteiger partial charge in [0.1, 0.15) is 17.5 Å². The second-order valence-electron chi connectivity index (χ2n) is 3.22. The number of nitrogen functional groups attached to an aromatic ring is 1. The summed E-state index contributed by atoms with van der Waals surface area (Å²) in [5.74, 6) is 0.582. The molecule has 0 atom stereocenters. The number of nitrogens with two attached hydrogens (primary N) is 1. The molecule has 0 aliphatic rings. The maximum absolute atomic E-state index is 12.9. The van der Waals surface area contributed by atoms with Gasteiger partial charge in [0.15, 0.2) is 0 Å². The van der Waals surface area contributed by atoms with E-state index in [4.69, 9.17) is 5.73 Å². The van der Waals surface area contributed by atoms with Crippen molar-refractivity contribution in [1.82, 2.24) is 15.3 Å². The monoisotopic (exact) mass is 206 g/mol. The van der Waals surface area contributed by atoms with Crippen molar-refractivity contribution in [2.45, 2.75) is 6.54 Å². The van der Waals surface area contributed by atoms with E-state index >= 15 is 0 Å². The van der Waals surface area contributed by atoms with Gasteiger partial charge in [-0.1, -0.05) is 0 Å². The Balaban J connectivity index is 2.62. The van der Waals surface area contributed by atoms with Crippen LogP contribution >= 0.6 is 0 Å². The zero-order valence-electron chi connectivity index (χ0n) is 8.29. The SMILES string of the molecule is CNCc1nc(N)c2cc(F)ccc2n1. The lowest BCUT2D eigenvalue weighted by atomic mass is 10.2. The number of benzene rings is 1. The molecular formula is C10H11FN4. The van der Waals surface area contributed by atoms with Crippen LogP contribution in [0.4, 0.5) is 10.2 Å². The number of hydrogen-bond acceptors (Lipinski definition) is 4. The van der Waals surface area contributed by atoms with Crippen molar-refractivity contribution in [1.29, 1.82) is 0 Å². The first-order valence-corrected chi connectivity index (χ1v) is 4.57. The minimum Gasteiger partial charge on any atom is -0.383 e. The summed E-state index contributed by atoms with van der Waals surface area (Å²) in [5, 5.41) is 3.48. The molecule has 0 unspecified atom stereocenters. The van der Waals surface area contributed by atoms with E-state index in [0.717, 1.165) is 0 Å². The molecular weight excluding hydrogens is 195 g/mol. The molecule has 0 aliphatic carbocycles. The highest BCUT2D eigenvalue weighted by Crippen LogP contribution is 2.18. The van der Waals surface area contributed by atoms with E-state index in [1.165, 1.54) is 12.1 Å². The number of nitrogens with zero attached hydrogens (tertiary/aromatic N) is 2. The topological polar surface area (TPSA) is 63.8 Å². The average molecular weight is 206 g/mol. The normalized spacial score (nSPS) is 10.8. The third kappa shape index (κ3) is 1.87. The van der Waals surface area contributed by atoms with E-state index in [1.54, 1.807) is 13.1 Å². The smallest absolute Gasteiger partial charge is 0.145 e. The number of fused-ring (bicyclic) bond motifs is 1. The maximum atomic E-state index is 12.9. The molecule has 4 nitrogen and oxygen atoms in total. The standard InChI is InChI=1S/C10H11FN4/c1-13-5-9-14-8-3-2-6(11)4-7(8)10(12)15-9/h2-4,13H,5H2,1H3,(H2,12,14,15). The summed E-state index contributed by atoms with van der Waals surface area (Å²) in [6, 6.07) is 4.30. The summed E-state index contributed by atoms with van der Waals surface area (Å²) in [6.45, 7) is 0.539. The molecule has 2 aromatic rings. The molecule has 1 heterocycles. The predicted molar refractivity (Wildman–Crippen MR) is 56.7 cm³/mol. The lowest BCUT2D eigenvalue weighted by Gasteiger charge is -2.04. The summed E-state index contributed by atoms with van der Waals surface area (Å²) in [6.07, 6.45) is 0. The Morgan fingerprint density at radius 1 is 1.40 bits per heavy atom. The number of nitrogens with one attached hydrogen (secondary N) is 1. The third-order valence-electron chi connectivity index (χ3n) is 2.07. The van der Waals surface area contributed by atoms with Crippen molar-refractivity contribution in [3.63, 3.8) is 0 Å². The van der Waals surface area contributed by atoms with E-state index in [9.17, 15) is 4.39 Å². The Kier molecular flexibility index (Phi) is 2.47. The van der Waals surface area contributed by atoms with Crippen molar-refractivity contribution in [2.24, 2.45) is 0 Å². The van der Waals surface area contributed by atoms with Crippen LogP contribution in [0, 0.1) is 5.82 Å². The minimum atomic E-state index is -0.334. The maximum Gasteiger partial charge on any atom is 0.145 e. The molecule has 0 radical (unpaired) electrons. The van der Waals surface area contributed by atoms with Crippen LogP contribution in [0.15, 0.2) is 18.2 Å². The van der Waals surface area contributed by atoms with Crippen LogP contribution in [0.1, 0.15) is 5.82 Å². The van der Waals surface area contributed by atoms with Gasteiger partial charge in [-0.05, 0) is 25.2 Å². The molecule has 15 heavy (non-hydrogen) atoms. The molecule has 5 heteroatoms. The predicted octanol–water partition coefficient (Wildman–Crippen LogP) is 1.07. The largest absolute Gasteiger partial charge is 0.383 e. The van der Waals surface area contributed by atoms with Gasteiger partial charge in [-0.15, -0.1) is 0 Å². The lowest BCUT2D eigenvalue weighted by molar-refractivity contribution is 0.629. The Bertz CT molecular complexity index is 498. The molecule has 1 aromatic heterocycles. The molecule has 0 fully saturated rings. The zero-order chi connectivity index (χ0) is 10.8. The van der Waals surface area contributed by atoms with Gasteiger partial charge in [-0.25, -0.2) is 14.4 Å². The Morgan fingerprint density at radius 3 is 2.93 bits per heavy atom. The summed E-state index contributed by atoms with van der Waals surface area (Å²) >= 11 is 0. The molecule has 0 spiro atoms. The summed E-state index contributed by atoms with van der Waals surface area (Å²) < 4.78 is 12.9. The number of rotatable bonds is 2. The summed E-state index contributed by atoms with van der Waals surface area (Å²) in [7, 11) is 1.80. The Morgan fingerprint density at radius 2 is 2.20 bits per heavy atom. The lowest BCUT2D eigenvalue weighted by Crippen LogP contribution is -2.10. The van der Waals surface area contributed by atoms with Gasteiger partial charge in [0.2, 0.25) is 0 Å². The molecule has 0 saturated carbocycles. The Labute approximate surface area is 86.3 Å². The highest BCUT2D eigenvalue weighted by atomic mass is 19.1. The van der Waals surface area contributed by atoms with Crippen LogP contribution in [-0.4, -0.2) is 17.0 Å². The summed E-state index contributed by atoms with van der Waals surface area (Å²) in [4.78, 5) is 8.32. The molecule has 3 N–H and O–H groups in total. The van der Waals surface area contributed by atoms with Gasteiger partial charge in [0.25, 0.3) is 0 Å². The zero-order valence-corrected chi connectivity index (χ0v) is 8.29. The molecule has 78 valence electrons. The minimum absolute atomic E-state index is 0.310. The van der Waals surface area contributed by atoms with Gasteiger partial charge in [0.05, 0.1) is 12.1 Å². The van der Waals surface area contributed by atoms with Crippen molar-refractivity contribution in [3.05, 3.63) is 29.8 Å². The van der Waals surface area contributed by atoms with Crippen LogP contribution in [0.25, 0.3) is 10.9 Å². The second kappa shape index (κ2) is 3.78. The first-order valence-electron chi connectivity index (χ1n) is 4.57. The van der Waals surface area contributed by atoms with Crippen molar-refractivity contribution in [2.75, 3.05) is 12.8 Å². The molecule has 0 saturated heterocycles. The average Bonchev–Trinajstić information content (AvgIpc) is 2.20. The highest BCUT2D eigenvalue weighted by molar-refractivity contribution is 5.87. The highest BCUT2D eigenvalue weighted by Gasteiger charge is 2.05.